The van der Waals surface area contributed by atoms with E-state index < -0.39 is 11.9 Å². The lowest BCUT2D eigenvalue weighted by Crippen LogP contribution is -2.46. The van der Waals surface area contributed by atoms with E-state index in [1.165, 1.54) is 14.2 Å². The average molecular weight is 424 g/mol. The molecule has 0 spiro atoms. The monoisotopic (exact) mass is 423 g/mol. The van der Waals surface area contributed by atoms with Crippen LogP contribution in [0.25, 0.3) is 0 Å². The molecule has 2 heterocycles. The SMILES string of the molecule is CCN1CCN(c2ccc(N3COCC(C(=O)OC)=C3C(=O)OC)cc2Cl)CC1. The van der Waals surface area contributed by atoms with Gasteiger partial charge in [-0.05, 0) is 24.7 Å². The number of methoxy groups -OCH3 is 2. The van der Waals surface area contributed by atoms with Crippen LogP contribution in [-0.2, 0) is 23.8 Å². The van der Waals surface area contributed by atoms with Gasteiger partial charge in [-0.15, -0.1) is 0 Å². The lowest BCUT2D eigenvalue weighted by atomic mass is 10.1. The second kappa shape index (κ2) is 9.47. The highest BCUT2D eigenvalue weighted by Gasteiger charge is 2.32. The summed E-state index contributed by atoms with van der Waals surface area (Å²) in [5.74, 6) is -1.27. The quantitative estimate of drug-likeness (QED) is 0.665. The van der Waals surface area contributed by atoms with E-state index in [4.69, 9.17) is 25.8 Å². The highest BCUT2D eigenvalue weighted by molar-refractivity contribution is 6.33. The number of carbonyl (C=O) groups is 2. The number of benzene rings is 1. The molecular weight excluding hydrogens is 398 g/mol. The summed E-state index contributed by atoms with van der Waals surface area (Å²) in [6.45, 7) is 7.06. The van der Waals surface area contributed by atoms with Crippen LogP contribution in [0.4, 0.5) is 11.4 Å². The van der Waals surface area contributed by atoms with Crippen LogP contribution in [0.1, 0.15) is 6.92 Å². The fourth-order valence-electron chi connectivity index (χ4n) is 3.57. The molecular formula is C20H26ClN3O5. The fourth-order valence-corrected chi connectivity index (χ4v) is 3.87. The summed E-state index contributed by atoms with van der Waals surface area (Å²) in [5.41, 5.74) is 1.79. The third-order valence-corrected chi connectivity index (χ3v) is 5.54. The molecule has 0 aliphatic carbocycles. The Morgan fingerprint density at radius 2 is 1.79 bits per heavy atom. The number of rotatable bonds is 5. The van der Waals surface area contributed by atoms with Gasteiger partial charge in [0.2, 0.25) is 0 Å². The maximum absolute atomic E-state index is 12.4. The van der Waals surface area contributed by atoms with Crippen LogP contribution in [0.15, 0.2) is 29.5 Å². The lowest BCUT2D eigenvalue weighted by molar-refractivity contribution is -0.140. The van der Waals surface area contributed by atoms with Crippen molar-refractivity contribution in [1.29, 1.82) is 0 Å². The number of ether oxygens (including phenoxy) is 3. The van der Waals surface area contributed by atoms with Gasteiger partial charge in [-0.1, -0.05) is 18.5 Å². The molecule has 1 saturated heterocycles. The minimum Gasteiger partial charge on any atom is -0.466 e. The third-order valence-electron chi connectivity index (χ3n) is 5.24. The highest BCUT2D eigenvalue weighted by atomic mass is 35.5. The zero-order valence-electron chi connectivity index (χ0n) is 16.9. The Kier molecular flexibility index (Phi) is 7.00. The van der Waals surface area contributed by atoms with Crippen LogP contribution >= 0.6 is 11.6 Å². The maximum atomic E-state index is 12.4. The predicted octanol–water partition coefficient (Wildman–Crippen LogP) is 1.88. The summed E-state index contributed by atoms with van der Waals surface area (Å²) in [7, 11) is 2.52. The van der Waals surface area contributed by atoms with Gasteiger partial charge in [0.25, 0.3) is 0 Å². The molecule has 9 heteroatoms. The van der Waals surface area contributed by atoms with E-state index in [0.717, 1.165) is 38.4 Å². The van der Waals surface area contributed by atoms with Crippen molar-refractivity contribution in [3.8, 4) is 0 Å². The van der Waals surface area contributed by atoms with Gasteiger partial charge in [-0.2, -0.15) is 0 Å². The van der Waals surface area contributed by atoms with E-state index in [9.17, 15) is 9.59 Å². The van der Waals surface area contributed by atoms with E-state index in [1.807, 2.05) is 12.1 Å². The van der Waals surface area contributed by atoms with Crippen LogP contribution in [0.3, 0.4) is 0 Å². The number of hydrogen-bond acceptors (Lipinski definition) is 8. The Hall–Kier alpha value is -2.29. The van der Waals surface area contributed by atoms with E-state index >= 15 is 0 Å². The van der Waals surface area contributed by atoms with Gasteiger partial charge in [0.05, 0.1) is 37.1 Å². The number of anilines is 2. The Labute approximate surface area is 175 Å². The number of carbonyl (C=O) groups excluding carboxylic acids is 2. The molecule has 0 N–H and O–H groups in total. The molecule has 0 bridgehead atoms. The normalized spacial score (nSPS) is 18.1. The number of esters is 2. The molecule has 158 valence electrons. The Bertz CT molecular complexity index is 805. The highest BCUT2D eigenvalue weighted by Crippen LogP contribution is 2.34. The van der Waals surface area contributed by atoms with Crippen molar-refractivity contribution in [1.82, 2.24) is 4.90 Å². The smallest absolute Gasteiger partial charge is 0.355 e. The number of likely N-dealkylation sites (N-methyl/N-ethyl adjacent to an activating group) is 1. The molecule has 8 nitrogen and oxygen atoms in total. The molecule has 0 atom stereocenters. The van der Waals surface area contributed by atoms with Crippen LogP contribution in [0, 0.1) is 0 Å². The summed E-state index contributed by atoms with van der Waals surface area (Å²) in [6, 6.07) is 5.57. The summed E-state index contributed by atoms with van der Waals surface area (Å²) in [6.07, 6.45) is 0. The zero-order valence-corrected chi connectivity index (χ0v) is 17.7. The summed E-state index contributed by atoms with van der Waals surface area (Å²) in [4.78, 5) is 30.8. The first kappa shape index (κ1) is 21.4. The van der Waals surface area contributed by atoms with E-state index in [1.54, 1.807) is 11.0 Å². The van der Waals surface area contributed by atoms with Gasteiger partial charge in [0.1, 0.15) is 12.4 Å². The van der Waals surface area contributed by atoms with E-state index in [2.05, 4.69) is 16.7 Å². The number of piperazine rings is 1. The van der Waals surface area contributed by atoms with Crippen molar-refractivity contribution in [3.63, 3.8) is 0 Å². The molecule has 2 aliphatic rings. The minimum absolute atomic E-state index is 0.0267. The maximum Gasteiger partial charge on any atom is 0.355 e. The molecule has 0 unspecified atom stereocenters. The second-order valence-electron chi connectivity index (χ2n) is 6.77. The minimum atomic E-state index is -0.635. The molecule has 2 aliphatic heterocycles. The van der Waals surface area contributed by atoms with Gasteiger partial charge >= 0.3 is 11.9 Å². The van der Waals surface area contributed by atoms with Crippen molar-refractivity contribution in [2.24, 2.45) is 0 Å². The fraction of sp³-hybridized carbons (Fsp3) is 0.500. The Morgan fingerprint density at radius 3 is 2.38 bits per heavy atom. The first-order chi connectivity index (χ1) is 14.0. The summed E-state index contributed by atoms with van der Waals surface area (Å²) < 4.78 is 15.2. The number of nitrogens with zero attached hydrogens (tertiary/aromatic N) is 3. The Morgan fingerprint density at radius 1 is 1.10 bits per heavy atom. The van der Waals surface area contributed by atoms with Crippen molar-refractivity contribution in [3.05, 3.63) is 34.5 Å². The van der Waals surface area contributed by atoms with Crippen LogP contribution in [-0.4, -0.2) is 77.1 Å². The molecule has 29 heavy (non-hydrogen) atoms. The third kappa shape index (κ3) is 4.49. The van der Waals surface area contributed by atoms with Crippen LogP contribution < -0.4 is 9.80 Å². The molecule has 1 fully saturated rings. The van der Waals surface area contributed by atoms with E-state index in [0.29, 0.717) is 10.7 Å². The van der Waals surface area contributed by atoms with Crippen LogP contribution in [0.5, 0.6) is 0 Å². The molecule has 3 rings (SSSR count). The molecule has 0 saturated carbocycles. The van der Waals surface area contributed by atoms with Crippen LogP contribution in [0.2, 0.25) is 5.02 Å². The van der Waals surface area contributed by atoms with Crippen molar-refractivity contribution >= 4 is 34.9 Å². The molecule has 1 aromatic carbocycles. The zero-order chi connectivity index (χ0) is 21.0. The van der Waals surface area contributed by atoms with Crippen molar-refractivity contribution in [2.75, 3.05) is 70.1 Å². The first-order valence-corrected chi connectivity index (χ1v) is 9.89. The second-order valence-corrected chi connectivity index (χ2v) is 7.18. The predicted molar refractivity (Wildman–Crippen MR) is 110 cm³/mol. The Balaban J connectivity index is 1.90. The van der Waals surface area contributed by atoms with Gasteiger partial charge in [-0.25, -0.2) is 9.59 Å². The number of hydrogen-bond donors (Lipinski definition) is 0. The van der Waals surface area contributed by atoms with Crippen molar-refractivity contribution < 1.29 is 23.8 Å². The average Bonchev–Trinajstić information content (AvgIpc) is 2.77. The van der Waals surface area contributed by atoms with Gasteiger partial charge in [0.15, 0.2) is 0 Å². The molecule has 0 amide bonds. The molecule has 1 aromatic rings. The van der Waals surface area contributed by atoms with Gasteiger partial charge in [0, 0.05) is 31.9 Å². The molecule has 0 radical (unpaired) electrons. The summed E-state index contributed by atoms with van der Waals surface area (Å²) in [5, 5.41) is 0.571. The molecule has 0 aromatic heterocycles. The standard InChI is InChI=1S/C20H26ClN3O5/c1-4-22-7-9-23(10-8-22)17-6-5-14(11-16(17)21)24-13-29-12-15(19(25)27-2)18(24)20(26)28-3/h5-6,11H,4,7-10,12-13H2,1-3H3. The first-order valence-electron chi connectivity index (χ1n) is 9.52. The van der Waals surface area contributed by atoms with E-state index in [-0.39, 0.29) is 24.6 Å². The number of halogens is 1. The van der Waals surface area contributed by atoms with Gasteiger partial charge in [-0.3, -0.25) is 0 Å². The largest absolute Gasteiger partial charge is 0.466 e. The summed E-state index contributed by atoms with van der Waals surface area (Å²) >= 11 is 6.59. The topological polar surface area (TPSA) is 71.5 Å². The van der Waals surface area contributed by atoms with Gasteiger partial charge < -0.3 is 28.9 Å². The van der Waals surface area contributed by atoms with Crippen molar-refractivity contribution in [2.45, 2.75) is 6.92 Å². The lowest BCUT2D eigenvalue weighted by Gasteiger charge is -2.36.